The molecule has 0 radical (unpaired) electrons. The number of ether oxygens (including phenoxy) is 1. The van der Waals surface area contributed by atoms with Crippen LogP contribution in [0.4, 0.5) is 17.8 Å². The van der Waals surface area contributed by atoms with Crippen LogP contribution in [-0.4, -0.2) is 61.9 Å². The van der Waals surface area contributed by atoms with Crippen molar-refractivity contribution in [3.05, 3.63) is 0 Å². The van der Waals surface area contributed by atoms with Crippen molar-refractivity contribution in [1.29, 1.82) is 0 Å². The maximum absolute atomic E-state index is 5.42. The topological polar surface area (TPSA) is 66.4 Å². The summed E-state index contributed by atoms with van der Waals surface area (Å²) in [7, 11) is 5.93. The van der Waals surface area contributed by atoms with Crippen molar-refractivity contribution in [2.24, 2.45) is 0 Å². The van der Waals surface area contributed by atoms with Gasteiger partial charge in [0.05, 0.1) is 0 Å². The number of hydrogen-bond donors (Lipinski definition) is 1. The van der Waals surface area contributed by atoms with Crippen LogP contribution in [0, 0.1) is 0 Å². The van der Waals surface area contributed by atoms with E-state index < -0.39 is 0 Å². The summed E-state index contributed by atoms with van der Waals surface area (Å²) in [6, 6.07) is 0.426. The molecular formula is C14H26N6O. The highest BCUT2D eigenvalue weighted by atomic mass is 16.5. The number of rotatable bonds is 6. The van der Waals surface area contributed by atoms with Crippen molar-refractivity contribution in [1.82, 2.24) is 15.0 Å². The Balaban J connectivity index is 2.21. The first kappa shape index (κ1) is 15.8. The Hall–Kier alpha value is -1.63. The zero-order valence-electron chi connectivity index (χ0n) is 13.5. The molecule has 2 heterocycles. The molecule has 1 aromatic heterocycles. The predicted octanol–water partition coefficient (Wildman–Crippen LogP) is 1.37. The molecule has 7 nitrogen and oxygen atoms in total. The quantitative estimate of drug-likeness (QED) is 0.850. The molecule has 0 saturated carbocycles. The van der Waals surface area contributed by atoms with E-state index in [0.717, 1.165) is 45.0 Å². The Morgan fingerprint density at radius 3 is 2.38 bits per heavy atom. The molecule has 1 aliphatic rings. The highest BCUT2D eigenvalue weighted by molar-refractivity contribution is 5.44. The van der Waals surface area contributed by atoms with Gasteiger partial charge < -0.3 is 19.9 Å². The second kappa shape index (κ2) is 7.40. The number of nitrogens with one attached hydrogen (secondary N) is 1. The first-order valence-electron chi connectivity index (χ1n) is 7.59. The molecule has 1 aromatic rings. The summed E-state index contributed by atoms with van der Waals surface area (Å²) in [6.45, 7) is 4.59. The molecule has 2 rings (SSSR count). The normalized spacial score (nSPS) is 15.8. The summed E-state index contributed by atoms with van der Waals surface area (Å²) in [5.41, 5.74) is 0. The second-order valence-electron chi connectivity index (χ2n) is 5.53. The SMILES string of the molecule is CCCNc1nc(N(C)C)nc(N(C)C2CCOCC2)n1. The maximum atomic E-state index is 5.42. The van der Waals surface area contributed by atoms with Gasteiger partial charge >= 0.3 is 0 Å². The third-order valence-corrected chi connectivity index (χ3v) is 3.60. The van der Waals surface area contributed by atoms with E-state index in [-0.39, 0.29) is 0 Å². The third-order valence-electron chi connectivity index (χ3n) is 3.60. The molecule has 0 aromatic carbocycles. The Bertz CT molecular complexity index is 447. The van der Waals surface area contributed by atoms with Crippen LogP contribution in [0.3, 0.4) is 0 Å². The molecule has 0 unspecified atom stereocenters. The van der Waals surface area contributed by atoms with Gasteiger partial charge in [-0.25, -0.2) is 0 Å². The van der Waals surface area contributed by atoms with Crippen molar-refractivity contribution >= 4 is 17.8 Å². The van der Waals surface area contributed by atoms with Gasteiger partial charge in [0, 0.05) is 46.9 Å². The van der Waals surface area contributed by atoms with Crippen LogP contribution in [0.15, 0.2) is 0 Å². The monoisotopic (exact) mass is 294 g/mol. The van der Waals surface area contributed by atoms with E-state index in [1.54, 1.807) is 0 Å². The Morgan fingerprint density at radius 2 is 1.76 bits per heavy atom. The number of aromatic nitrogens is 3. The summed E-state index contributed by atoms with van der Waals surface area (Å²) in [5.74, 6) is 2.04. The molecule has 1 saturated heterocycles. The van der Waals surface area contributed by atoms with Crippen molar-refractivity contribution < 1.29 is 4.74 Å². The van der Waals surface area contributed by atoms with Gasteiger partial charge in [-0.15, -0.1) is 0 Å². The Kier molecular flexibility index (Phi) is 5.55. The highest BCUT2D eigenvalue weighted by Gasteiger charge is 2.22. The van der Waals surface area contributed by atoms with Crippen LogP contribution < -0.4 is 15.1 Å². The van der Waals surface area contributed by atoms with Gasteiger partial charge in [0.1, 0.15) is 0 Å². The number of hydrogen-bond acceptors (Lipinski definition) is 7. The fourth-order valence-electron chi connectivity index (χ4n) is 2.26. The lowest BCUT2D eigenvalue weighted by atomic mass is 10.1. The lowest BCUT2D eigenvalue weighted by Gasteiger charge is -2.31. The van der Waals surface area contributed by atoms with E-state index in [1.165, 1.54) is 0 Å². The van der Waals surface area contributed by atoms with Gasteiger partial charge in [-0.3, -0.25) is 0 Å². The molecule has 7 heteroatoms. The van der Waals surface area contributed by atoms with Gasteiger partial charge in [-0.1, -0.05) is 6.92 Å². The van der Waals surface area contributed by atoms with Gasteiger partial charge in [0.2, 0.25) is 17.8 Å². The highest BCUT2D eigenvalue weighted by Crippen LogP contribution is 2.20. The minimum Gasteiger partial charge on any atom is -0.381 e. The minimum absolute atomic E-state index is 0.426. The van der Waals surface area contributed by atoms with Gasteiger partial charge in [0.15, 0.2) is 0 Å². The van der Waals surface area contributed by atoms with Crippen LogP contribution in [0.5, 0.6) is 0 Å². The van der Waals surface area contributed by atoms with E-state index in [9.17, 15) is 0 Å². The predicted molar refractivity (Wildman–Crippen MR) is 85.2 cm³/mol. The van der Waals surface area contributed by atoms with Crippen LogP contribution in [0.25, 0.3) is 0 Å². The molecule has 0 atom stereocenters. The summed E-state index contributed by atoms with van der Waals surface area (Å²) in [4.78, 5) is 17.6. The van der Waals surface area contributed by atoms with Gasteiger partial charge in [0.25, 0.3) is 0 Å². The van der Waals surface area contributed by atoms with E-state index in [0.29, 0.717) is 17.9 Å². The lowest BCUT2D eigenvalue weighted by Crippen LogP contribution is -2.38. The first-order valence-corrected chi connectivity index (χ1v) is 7.59. The second-order valence-corrected chi connectivity index (χ2v) is 5.53. The standard InChI is InChI=1S/C14H26N6O/c1-5-8-15-12-16-13(19(2)3)18-14(17-12)20(4)11-6-9-21-10-7-11/h11H,5-10H2,1-4H3,(H,15,16,17,18). The fraction of sp³-hybridized carbons (Fsp3) is 0.786. The van der Waals surface area contributed by atoms with Gasteiger partial charge in [-0.2, -0.15) is 15.0 Å². The van der Waals surface area contributed by atoms with Crippen LogP contribution in [0.1, 0.15) is 26.2 Å². The fourth-order valence-corrected chi connectivity index (χ4v) is 2.26. The maximum Gasteiger partial charge on any atom is 0.231 e. The Morgan fingerprint density at radius 1 is 1.10 bits per heavy atom. The largest absolute Gasteiger partial charge is 0.381 e. The molecule has 1 N–H and O–H groups in total. The molecule has 118 valence electrons. The van der Waals surface area contributed by atoms with E-state index in [4.69, 9.17) is 4.74 Å². The van der Waals surface area contributed by atoms with E-state index in [1.807, 2.05) is 26.0 Å². The van der Waals surface area contributed by atoms with Crippen molar-refractivity contribution in [3.63, 3.8) is 0 Å². The molecule has 0 spiro atoms. The average molecular weight is 294 g/mol. The summed E-state index contributed by atoms with van der Waals surface area (Å²) < 4.78 is 5.42. The Labute approximate surface area is 126 Å². The van der Waals surface area contributed by atoms with Crippen LogP contribution in [-0.2, 0) is 4.74 Å². The van der Waals surface area contributed by atoms with Crippen molar-refractivity contribution in [3.8, 4) is 0 Å². The van der Waals surface area contributed by atoms with Crippen molar-refractivity contribution in [2.45, 2.75) is 32.2 Å². The van der Waals surface area contributed by atoms with Crippen LogP contribution >= 0.6 is 0 Å². The molecular weight excluding hydrogens is 268 g/mol. The number of nitrogens with zero attached hydrogens (tertiary/aromatic N) is 5. The zero-order valence-corrected chi connectivity index (χ0v) is 13.5. The minimum atomic E-state index is 0.426. The van der Waals surface area contributed by atoms with Crippen LogP contribution in [0.2, 0.25) is 0 Å². The summed E-state index contributed by atoms with van der Waals surface area (Å²) in [6.07, 6.45) is 3.06. The molecule has 0 bridgehead atoms. The molecule has 0 amide bonds. The smallest absolute Gasteiger partial charge is 0.231 e. The average Bonchev–Trinajstić information content (AvgIpc) is 2.52. The van der Waals surface area contributed by atoms with Gasteiger partial charge in [-0.05, 0) is 19.3 Å². The first-order chi connectivity index (χ1) is 10.1. The molecule has 21 heavy (non-hydrogen) atoms. The lowest BCUT2D eigenvalue weighted by molar-refractivity contribution is 0.0852. The summed E-state index contributed by atoms with van der Waals surface area (Å²) >= 11 is 0. The summed E-state index contributed by atoms with van der Waals surface area (Å²) in [5, 5.41) is 3.25. The van der Waals surface area contributed by atoms with Crippen molar-refractivity contribution in [2.75, 3.05) is 56.0 Å². The van der Waals surface area contributed by atoms with E-state index >= 15 is 0 Å². The van der Waals surface area contributed by atoms with E-state index in [2.05, 4.69) is 32.1 Å². The zero-order chi connectivity index (χ0) is 15.2. The molecule has 1 fully saturated rings. The third kappa shape index (κ3) is 4.17. The molecule has 0 aliphatic carbocycles. The number of anilines is 3. The molecule has 1 aliphatic heterocycles.